The predicted molar refractivity (Wildman–Crippen MR) is 79.1 cm³/mol. The molecule has 0 aliphatic heterocycles. The van der Waals surface area contributed by atoms with E-state index in [1.165, 1.54) is 24.8 Å². The molecule has 0 aliphatic rings. The summed E-state index contributed by atoms with van der Waals surface area (Å²) in [5.74, 6) is 1.64. The highest BCUT2D eigenvalue weighted by Gasteiger charge is 2.06. The van der Waals surface area contributed by atoms with Gasteiger partial charge in [-0.1, -0.05) is 40.0 Å². The highest BCUT2D eigenvalue weighted by Crippen LogP contribution is 2.12. The minimum atomic E-state index is 0.595. The molecule has 1 heterocycles. The summed E-state index contributed by atoms with van der Waals surface area (Å²) in [7, 11) is 0. The third-order valence-corrected chi connectivity index (χ3v) is 3.08. The highest BCUT2D eigenvalue weighted by molar-refractivity contribution is 5.16. The molecule has 0 spiro atoms. The van der Waals surface area contributed by atoms with Gasteiger partial charge in [-0.25, -0.2) is 0 Å². The van der Waals surface area contributed by atoms with Crippen LogP contribution in [-0.2, 0) is 17.9 Å². The molecule has 19 heavy (non-hydrogen) atoms. The Balaban J connectivity index is 2.17. The van der Waals surface area contributed by atoms with Crippen molar-refractivity contribution in [1.29, 1.82) is 0 Å². The maximum atomic E-state index is 5.67. The van der Waals surface area contributed by atoms with Crippen LogP contribution in [0.15, 0.2) is 16.7 Å². The van der Waals surface area contributed by atoms with Crippen LogP contribution >= 0.6 is 0 Å². The normalized spacial score (nSPS) is 11.4. The molecule has 3 nitrogen and oxygen atoms in total. The Bertz CT molecular complexity index is 320. The number of unbranched alkanes of at least 4 members (excludes halogenated alkanes) is 3. The summed E-state index contributed by atoms with van der Waals surface area (Å²) in [5.41, 5.74) is 1.22. The van der Waals surface area contributed by atoms with Crippen molar-refractivity contribution in [3.05, 3.63) is 23.7 Å². The fourth-order valence-electron chi connectivity index (χ4n) is 1.94. The van der Waals surface area contributed by atoms with Gasteiger partial charge in [-0.3, -0.25) is 0 Å². The van der Waals surface area contributed by atoms with E-state index in [1.807, 2.05) is 6.07 Å². The van der Waals surface area contributed by atoms with E-state index < -0.39 is 0 Å². The second kappa shape index (κ2) is 10.0. The molecule has 110 valence electrons. The molecule has 0 bridgehead atoms. The summed E-state index contributed by atoms with van der Waals surface area (Å²) >= 11 is 0. The molecular weight excluding hydrogens is 238 g/mol. The molecular formula is C16H29NO2. The van der Waals surface area contributed by atoms with Gasteiger partial charge in [-0.05, 0) is 24.9 Å². The van der Waals surface area contributed by atoms with Crippen molar-refractivity contribution in [2.24, 2.45) is 5.92 Å². The average molecular weight is 267 g/mol. The lowest BCUT2D eigenvalue weighted by molar-refractivity contribution is 0.102. The van der Waals surface area contributed by atoms with Crippen LogP contribution in [0.25, 0.3) is 0 Å². The number of furan rings is 1. The first-order valence-corrected chi connectivity index (χ1v) is 7.57. The van der Waals surface area contributed by atoms with Crippen LogP contribution in [0.2, 0.25) is 0 Å². The smallest absolute Gasteiger partial charge is 0.133 e. The lowest BCUT2D eigenvalue weighted by atomic mass is 10.2. The molecule has 1 aromatic rings. The van der Waals surface area contributed by atoms with Crippen molar-refractivity contribution in [3.8, 4) is 0 Å². The molecule has 0 saturated carbocycles. The average Bonchev–Trinajstić information content (AvgIpc) is 2.81. The van der Waals surface area contributed by atoms with Crippen molar-refractivity contribution < 1.29 is 9.15 Å². The van der Waals surface area contributed by atoms with Crippen molar-refractivity contribution in [1.82, 2.24) is 5.32 Å². The Morgan fingerprint density at radius 1 is 1.26 bits per heavy atom. The van der Waals surface area contributed by atoms with Crippen LogP contribution in [0, 0.1) is 5.92 Å². The fraction of sp³-hybridized carbons (Fsp3) is 0.750. The molecule has 1 aromatic heterocycles. The summed E-state index contributed by atoms with van der Waals surface area (Å²) in [4.78, 5) is 0. The Morgan fingerprint density at radius 2 is 2.11 bits per heavy atom. The van der Waals surface area contributed by atoms with Crippen LogP contribution in [0.4, 0.5) is 0 Å². The molecule has 0 unspecified atom stereocenters. The van der Waals surface area contributed by atoms with E-state index in [1.54, 1.807) is 6.26 Å². The zero-order chi connectivity index (χ0) is 13.9. The molecule has 0 radical (unpaired) electrons. The van der Waals surface area contributed by atoms with Gasteiger partial charge in [0.15, 0.2) is 0 Å². The standard InChI is InChI=1S/C16H29NO2/c1-4-5-6-7-9-18-13-16-15(8-10-19-16)12-17-11-14(2)3/h8,10,14,17H,4-7,9,11-13H2,1-3H3. The van der Waals surface area contributed by atoms with Crippen molar-refractivity contribution in [3.63, 3.8) is 0 Å². The van der Waals surface area contributed by atoms with Crippen molar-refractivity contribution in [2.45, 2.75) is 59.6 Å². The monoisotopic (exact) mass is 267 g/mol. The van der Waals surface area contributed by atoms with Gasteiger partial charge in [0, 0.05) is 18.7 Å². The van der Waals surface area contributed by atoms with E-state index in [0.717, 1.165) is 31.9 Å². The topological polar surface area (TPSA) is 34.4 Å². The van der Waals surface area contributed by atoms with E-state index in [4.69, 9.17) is 9.15 Å². The van der Waals surface area contributed by atoms with E-state index >= 15 is 0 Å². The first-order chi connectivity index (χ1) is 9.24. The maximum Gasteiger partial charge on any atom is 0.133 e. The summed E-state index contributed by atoms with van der Waals surface area (Å²) in [6.07, 6.45) is 6.73. The van der Waals surface area contributed by atoms with Crippen molar-refractivity contribution in [2.75, 3.05) is 13.2 Å². The van der Waals surface area contributed by atoms with Gasteiger partial charge >= 0.3 is 0 Å². The number of hydrogen-bond acceptors (Lipinski definition) is 3. The molecule has 3 heteroatoms. The zero-order valence-electron chi connectivity index (χ0n) is 12.7. The first kappa shape index (κ1) is 16.3. The molecule has 0 amide bonds. The lowest BCUT2D eigenvalue weighted by Crippen LogP contribution is -2.19. The summed E-state index contributed by atoms with van der Waals surface area (Å²) in [6.45, 7) is 9.97. The summed E-state index contributed by atoms with van der Waals surface area (Å²) in [6, 6.07) is 2.03. The minimum absolute atomic E-state index is 0.595. The van der Waals surface area contributed by atoms with Gasteiger partial charge < -0.3 is 14.5 Å². The minimum Gasteiger partial charge on any atom is -0.467 e. The third-order valence-electron chi connectivity index (χ3n) is 3.08. The largest absolute Gasteiger partial charge is 0.467 e. The van der Waals surface area contributed by atoms with Gasteiger partial charge in [0.05, 0.1) is 6.26 Å². The molecule has 1 N–H and O–H groups in total. The Morgan fingerprint density at radius 3 is 2.84 bits per heavy atom. The van der Waals surface area contributed by atoms with Crippen LogP contribution in [0.1, 0.15) is 57.8 Å². The predicted octanol–water partition coefficient (Wildman–Crippen LogP) is 4.12. The van der Waals surface area contributed by atoms with Crippen LogP contribution in [-0.4, -0.2) is 13.2 Å². The van der Waals surface area contributed by atoms with E-state index in [9.17, 15) is 0 Å². The van der Waals surface area contributed by atoms with Gasteiger partial charge in [0.2, 0.25) is 0 Å². The third kappa shape index (κ3) is 7.38. The quantitative estimate of drug-likeness (QED) is 0.612. The van der Waals surface area contributed by atoms with E-state index in [-0.39, 0.29) is 0 Å². The number of hydrogen-bond donors (Lipinski definition) is 1. The van der Waals surface area contributed by atoms with E-state index in [2.05, 4.69) is 26.1 Å². The molecule has 0 atom stereocenters. The van der Waals surface area contributed by atoms with Crippen LogP contribution in [0.5, 0.6) is 0 Å². The Hall–Kier alpha value is -0.800. The first-order valence-electron chi connectivity index (χ1n) is 7.57. The number of rotatable bonds is 11. The van der Waals surface area contributed by atoms with E-state index in [0.29, 0.717) is 12.5 Å². The zero-order valence-corrected chi connectivity index (χ0v) is 12.7. The fourth-order valence-corrected chi connectivity index (χ4v) is 1.94. The summed E-state index contributed by atoms with van der Waals surface area (Å²) in [5, 5.41) is 3.43. The number of nitrogens with one attached hydrogen (secondary N) is 1. The Labute approximate surface area is 117 Å². The molecule has 1 rings (SSSR count). The molecule has 0 saturated heterocycles. The summed E-state index contributed by atoms with van der Waals surface area (Å²) < 4.78 is 11.2. The molecule has 0 fully saturated rings. The SMILES string of the molecule is CCCCCCOCc1occc1CNCC(C)C. The lowest BCUT2D eigenvalue weighted by Gasteiger charge is -2.08. The van der Waals surface area contributed by atoms with Crippen molar-refractivity contribution >= 4 is 0 Å². The van der Waals surface area contributed by atoms with Gasteiger partial charge in [-0.15, -0.1) is 0 Å². The highest BCUT2D eigenvalue weighted by atomic mass is 16.5. The van der Waals surface area contributed by atoms with Crippen LogP contribution < -0.4 is 5.32 Å². The van der Waals surface area contributed by atoms with Gasteiger partial charge in [0.25, 0.3) is 0 Å². The van der Waals surface area contributed by atoms with Crippen LogP contribution in [0.3, 0.4) is 0 Å². The number of ether oxygens (including phenoxy) is 1. The molecule has 0 aliphatic carbocycles. The Kier molecular flexibility index (Phi) is 8.59. The second-order valence-electron chi connectivity index (χ2n) is 5.51. The molecule has 0 aromatic carbocycles. The maximum absolute atomic E-state index is 5.67. The van der Waals surface area contributed by atoms with Gasteiger partial charge in [-0.2, -0.15) is 0 Å². The van der Waals surface area contributed by atoms with Gasteiger partial charge in [0.1, 0.15) is 12.4 Å². The second-order valence-corrected chi connectivity index (χ2v) is 5.51.